The Kier molecular flexibility index (Phi) is 5.09. The Morgan fingerprint density at radius 1 is 1.14 bits per heavy atom. The fourth-order valence-corrected chi connectivity index (χ4v) is 4.20. The maximum absolute atomic E-state index is 11.7. The normalized spacial score (nSPS) is 21.2. The van der Waals surface area contributed by atoms with Crippen LogP contribution >= 0.6 is 11.8 Å². The van der Waals surface area contributed by atoms with Crippen molar-refractivity contribution in [2.75, 3.05) is 13.7 Å². The Bertz CT molecular complexity index is 942. The smallest absolute Gasteiger partial charge is 0.286 e. The van der Waals surface area contributed by atoms with Gasteiger partial charge in [0.1, 0.15) is 18.2 Å². The van der Waals surface area contributed by atoms with Crippen LogP contribution in [0.15, 0.2) is 53.5 Å². The van der Waals surface area contributed by atoms with Gasteiger partial charge in [0, 0.05) is 7.05 Å². The molecule has 2 aliphatic rings. The number of aliphatic imine (C=N–C) groups is 1. The molecule has 6 nitrogen and oxygen atoms in total. The van der Waals surface area contributed by atoms with E-state index < -0.39 is 0 Å². The third kappa shape index (κ3) is 3.75. The van der Waals surface area contributed by atoms with Gasteiger partial charge < -0.3 is 9.64 Å². The number of hydrogen-bond acceptors (Lipinski definition) is 6. The van der Waals surface area contributed by atoms with Crippen LogP contribution in [0.5, 0.6) is 5.75 Å². The van der Waals surface area contributed by atoms with Crippen molar-refractivity contribution in [3.05, 3.63) is 59.7 Å². The van der Waals surface area contributed by atoms with Gasteiger partial charge in [-0.2, -0.15) is 0 Å². The van der Waals surface area contributed by atoms with Crippen molar-refractivity contribution < 1.29 is 14.3 Å². The van der Waals surface area contributed by atoms with E-state index in [1.165, 1.54) is 5.56 Å². The Balaban J connectivity index is 1.39. The predicted molar refractivity (Wildman–Crippen MR) is 110 cm³/mol. The number of para-hydroxylation sites is 1. The SMILES string of the molecule is CC1c2ccccc2N=C(COc2ccc(CC3SC(=O)NC3=O)cc2)N1C. The molecule has 4 rings (SSSR count). The first-order valence-electron chi connectivity index (χ1n) is 9.14. The summed E-state index contributed by atoms with van der Waals surface area (Å²) in [6, 6.07) is 16.0. The van der Waals surface area contributed by atoms with E-state index in [1.807, 2.05) is 49.5 Å². The van der Waals surface area contributed by atoms with Crippen LogP contribution in [0.2, 0.25) is 0 Å². The van der Waals surface area contributed by atoms with E-state index in [0.29, 0.717) is 13.0 Å². The third-order valence-electron chi connectivity index (χ3n) is 5.10. The maximum Gasteiger partial charge on any atom is 0.286 e. The van der Waals surface area contributed by atoms with Gasteiger partial charge in [-0.25, -0.2) is 4.99 Å². The molecule has 7 heteroatoms. The highest BCUT2D eigenvalue weighted by molar-refractivity contribution is 8.15. The average molecular weight is 395 g/mol. The highest BCUT2D eigenvalue weighted by Crippen LogP contribution is 2.33. The lowest BCUT2D eigenvalue weighted by atomic mass is 10.0. The molecule has 0 aromatic heterocycles. The number of amidine groups is 1. The molecule has 2 aromatic rings. The monoisotopic (exact) mass is 395 g/mol. The van der Waals surface area contributed by atoms with Crippen LogP contribution in [0.25, 0.3) is 0 Å². The van der Waals surface area contributed by atoms with Crippen molar-refractivity contribution in [3.63, 3.8) is 0 Å². The summed E-state index contributed by atoms with van der Waals surface area (Å²) < 4.78 is 5.93. The van der Waals surface area contributed by atoms with Crippen molar-refractivity contribution in [2.45, 2.75) is 24.6 Å². The molecule has 0 radical (unpaired) electrons. The van der Waals surface area contributed by atoms with Gasteiger partial charge in [-0.05, 0) is 42.7 Å². The molecule has 1 fully saturated rings. The number of imide groups is 1. The minimum Gasteiger partial charge on any atom is -0.486 e. The lowest BCUT2D eigenvalue weighted by Crippen LogP contribution is -2.36. The second-order valence-electron chi connectivity index (χ2n) is 6.89. The quantitative estimate of drug-likeness (QED) is 0.836. The number of ether oxygens (including phenoxy) is 1. The summed E-state index contributed by atoms with van der Waals surface area (Å²) in [7, 11) is 2.03. The second-order valence-corrected chi connectivity index (χ2v) is 8.07. The van der Waals surface area contributed by atoms with E-state index in [4.69, 9.17) is 9.73 Å². The van der Waals surface area contributed by atoms with Gasteiger partial charge in [-0.1, -0.05) is 42.1 Å². The number of nitrogens with one attached hydrogen (secondary N) is 1. The second kappa shape index (κ2) is 7.67. The van der Waals surface area contributed by atoms with Crippen LogP contribution in [0.3, 0.4) is 0 Å². The molecule has 2 atom stereocenters. The largest absolute Gasteiger partial charge is 0.486 e. The Morgan fingerprint density at radius 3 is 2.61 bits per heavy atom. The van der Waals surface area contributed by atoms with Crippen molar-refractivity contribution in [1.29, 1.82) is 0 Å². The fourth-order valence-electron chi connectivity index (χ4n) is 3.34. The van der Waals surface area contributed by atoms with Gasteiger partial charge >= 0.3 is 0 Å². The molecule has 2 aliphatic heterocycles. The molecule has 2 aromatic carbocycles. The Hall–Kier alpha value is -2.80. The number of nitrogens with zero attached hydrogens (tertiary/aromatic N) is 2. The standard InChI is InChI=1S/C21H21N3O3S/c1-13-16-5-3-4-6-17(16)22-19(24(13)2)12-27-15-9-7-14(8-10-15)11-18-20(25)23-21(26)28-18/h3-10,13,18H,11-12H2,1-2H3,(H,23,25,26). The predicted octanol–water partition coefficient (Wildman–Crippen LogP) is 3.70. The minimum absolute atomic E-state index is 0.219. The Labute approximate surface area is 168 Å². The summed E-state index contributed by atoms with van der Waals surface area (Å²) in [5.74, 6) is 1.40. The summed E-state index contributed by atoms with van der Waals surface area (Å²) in [6.45, 7) is 2.54. The molecular formula is C21H21N3O3S. The number of fused-ring (bicyclic) bond motifs is 1. The van der Waals surface area contributed by atoms with Crippen LogP contribution < -0.4 is 10.1 Å². The van der Waals surface area contributed by atoms with E-state index >= 15 is 0 Å². The molecule has 2 amide bonds. The van der Waals surface area contributed by atoms with Gasteiger partial charge in [0.2, 0.25) is 5.91 Å². The van der Waals surface area contributed by atoms with Gasteiger partial charge in [-0.3, -0.25) is 14.9 Å². The highest BCUT2D eigenvalue weighted by atomic mass is 32.2. The maximum atomic E-state index is 11.7. The number of carbonyl (C=O) groups is 2. The number of likely N-dealkylation sites (N-methyl/N-ethyl adjacent to an activating group) is 1. The minimum atomic E-state index is -0.355. The van der Waals surface area contributed by atoms with E-state index in [9.17, 15) is 9.59 Å². The molecule has 2 unspecified atom stereocenters. The lowest BCUT2D eigenvalue weighted by molar-refractivity contribution is -0.118. The molecule has 1 N–H and O–H groups in total. The molecule has 0 saturated carbocycles. The summed E-state index contributed by atoms with van der Waals surface area (Å²) in [4.78, 5) is 29.8. The van der Waals surface area contributed by atoms with Crippen LogP contribution in [0.4, 0.5) is 10.5 Å². The first-order valence-corrected chi connectivity index (χ1v) is 10.0. The van der Waals surface area contributed by atoms with Crippen molar-refractivity contribution in [1.82, 2.24) is 10.2 Å². The van der Waals surface area contributed by atoms with Crippen LogP contribution in [-0.4, -0.2) is 40.8 Å². The van der Waals surface area contributed by atoms with Gasteiger partial charge in [-0.15, -0.1) is 0 Å². The zero-order chi connectivity index (χ0) is 19.7. The van der Waals surface area contributed by atoms with Gasteiger partial charge in [0.25, 0.3) is 5.24 Å². The summed E-state index contributed by atoms with van der Waals surface area (Å²) in [5.41, 5.74) is 3.19. The number of rotatable bonds is 5. The summed E-state index contributed by atoms with van der Waals surface area (Å²) in [6.07, 6.45) is 0.520. The number of amides is 2. The molecule has 0 bridgehead atoms. The Morgan fingerprint density at radius 2 is 1.89 bits per heavy atom. The highest BCUT2D eigenvalue weighted by Gasteiger charge is 2.31. The van der Waals surface area contributed by atoms with Crippen molar-refractivity contribution >= 4 is 34.4 Å². The lowest BCUT2D eigenvalue weighted by Gasteiger charge is -2.33. The zero-order valence-electron chi connectivity index (χ0n) is 15.7. The average Bonchev–Trinajstić information content (AvgIpc) is 3.01. The summed E-state index contributed by atoms with van der Waals surface area (Å²) in [5, 5.41) is 1.68. The van der Waals surface area contributed by atoms with Crippen LogP contribution in [-0.2, 0) is 11.2 Å². The summed E-state index contributed by atoms with van der Waals surface area (Å²) >= 11 is 1.04. The first kappa shape index (κ1) is 18.6. The van der Waals surface area contributed by atoms with Crippen molar-refractivity contribution in [2.24, 2.45) is 4.99 Å². The molecule has 0 aliphatic carbocycles. The molecule has 144 valence electrons. The van der Waals surface area contributed by atoms with Gasteiger partial charge in [0.05, 0.1) is 17.0 Å². The van der Waals surface area contributed by atoms with E-state index in [-0.39, 0.29) is 22.4 Å². The third-order valence-corrected chi connectivity index (χ3v) is 6.09. The molecule has 0 spiro atoms. The number of benzene rings is 2. The number of thioether (sulfide) groups is 1. The fraction of sp³-hybridized carbons (Fsp3) is 0.286. The first-order chi connectivity index (χ1) is 13.5. The van der Waals surface area contributed by atoms with Crippen molar-refractivity contribution in [3.8, 4) is 5.75 Å². The molecule has 2 heterocycles. The number of carbonyl (C=O) groups excluding carboxylic acids is 2. The number of hydrogen-bond donors (Lipinski definition) is 1. The van der Waals surface area contributed by atoms with E-state index in [2.05, 4.69) is 23.2 Å². The topological polar surface area (TPSA) is 71.0 Å². The molecule has 28 heavy (non-hydrogen) atoms. The zero-order valence-corrected chi connectivity index (χ0v) is 16.5. The van der Waals surface area contributed by atoms with Crippen LogP contribution in [0, 0.1) is 0 Å². The van der Waals surface area contributed by atoms with Crippen LogP contribution in [0.1, 0.15) is 24.1 Å². The van der Waals surface area contributed by atoms with Gasteiger partial charge in [0.15, 0.2) is 0 Å². The molecular weight excluding hydrogens is 374 g/mol. The van der Waals surface area contributed by atoms with E-state index in [1.54, 1.807) is 0 Å². The molecule has 1 saturated heterocycles. The van der Waals surface area contributed by atoms with E-state index in [0.717, 1.165) is 34.6 Å².